The Morgan fingerprint density at radius 3 is 2.37 bits per heavy atom. The van der Waals surface area contributed by atoms with E-state index in [1.807, 2.05) is 31.2 Å². The number of hydrogen-bond donors (Lipinski definition) is 4. The summed E-state index contributed by atoms with van der Waals surface area (Å²) in [6, 6.07) is 8.58. The molecule has 3 saturated carbocycles. The number of H-pyrrole nitrogens is 1. The highest BCUT2D eigenvalue weighted by Crippen LogP contribution is 2.51. The lowest BCUT2D eigenvalue weighted by Gasteiger charge is -2.28. The third-order valence-corrected chi connectivity index (χ3v) is 8.25. The number of amides is 2. The second-order valence-electron chi connectivity index (χ2n) is 11.3. The molecule has 0 spiro atoms. The zero-order valence-electron chi connectivity index (χ0n) is 22.0. The van der Waals surface area contributed by atoms with Gasteiger partial charge < -0.3 is 15.7 Å². The molecule has 9 nitrogen and oxygen atoms in total. The molecule has 0 saturated heterocycles. The lowest BCUT2D eigenvalue weighted by Crippen LogP contribution is -2.50. The number of aromatic nitrogens is 4. The third-order valence-electron chi connectivity index (χ3n) is 8.25. The highest BCUT2D eigenvalue weighted by Gasteiger charge is 2.48. The summed E-state index contributed by atoms with van der Waals surface area (Å²) in [6.07, 6.45) is 8.31. The molecule has 1 aromatic carbocycles. The number of rotatable bonds is 11. The summed E-state index contributed by atoms with van der Waals surface area (Å²) >= 11 is 0. The van der Waals surface area contributed by atoms with Crippen LogP contribution >= 0.6 is 0 Å². The van der Waals surface area contributed by atoms with Crippen LogP contribution in [0.3, 0.4) is 0 Å². The Kier molecular flexibility index (Phi) is 6.55. The highest BCUT2D eigenvalue weighted by atomic mass is 16.3. The van der Waals surface area contributed by atoms with Crippen LogP contribution in [0.25, 0.3) is 11.1 Å². The Morgan fingerprint density at radius 2 is 1.76 bits per heavy atom. The van der Waals surface area contributed by atoms with Gasteiger partial charge in [-0.25, -0.2) is 0 Å². The Labute approximate surface area is 222 Å². The zero-order valence-corrected chi connectivity index (χ0v) is 22.0. The predicted molar refractivity (Wildman–Crippen MR) is 144 cm³/mol. The van der Waals surface area contributed by atoms with Gasteiger partial charge in [-0.1, -0.05) is 12.1 Å². The van der Waals surface area contributed by atoms with Gasteiger partial charge in [-0.15, -0.1) is 0 Å². The van der Waals surface area contributed by atoms with Gasteiger partial charge in [0.05, 0.1) is 18.3 Å². The summed E-state index contributed by atoms with van der Waals surface area (Å²) in [5, 5.41) is 27.6. The van der Waals surface area contributed by atoms with Crippen molar-refractivity contribution in [3.8, 4) is 11.1 Å². The van der Waals surface area contributed by atoms with Crippen LogP contribution in [0, 0.1) is 24.7 Å². The SMILES string of the molecule is Cc1[nH]nc(C2CC2)c1-c1ccc(NC(=O)C(NC(=O)c2ccnn2C(C)CO)C(C2CC2)C2CC2)cc1. The number of anilines is 1. The van der Waals surface area contributed by atoms with Gasteiger partial charge in [-0.2, -0.15) is 10.2 Å². The topological polar surface area (TPSA) is 125 Å². The number of carbonyl (C=O) groups excluding carboxylic acids is 2. The molecular weight excluding hydrogens is 480 g/mol. The van der Waals surface area contributed by atoms with Crippen LogP contribution < -0.4 is 10.6 Å². The van der Waals surface area contributed by atoms with Gasteiger partial charge in [0.2, 0.25) is 5.91 Å². The van der Waals surface area contributed by atoms with E-state index >= 15 is 0 Å². The van der Waals surface area contributed by atoms with Gasteiger partial charge in [0.1, 0.15) is 11.7 Å². The first-order valence-electron chi connectivity index (χ1n) is 13.9. The quantitative estimate of drug-likeness (QED) is 0.304. The van der Waals surface area contributed by atoms with Crippen molar-refractivity contribution in [3.63, 3.8) is 0 Å². The van der Waals surface area contributed by atoms with Crippen molar-refractivity contribution < 1.29 is 14.7 Å². The summed E-state index contributed by atoms with van der Waals surface area (Å²) in [4.78, 5) is 27.1. The van der Waals surface area contributed by atoms with E-state index in [-0.39, 0.29) is 30.4 Å². The summed E-state index contributed by atoms with van der Waals surface area (Å²) in [5.74, 6) is 1.07. The summed E-state index contributed by atoms with van der Waals surface area (Å²) in [7, 11) is 0. The van der Waals surface area contributed by atoms with Gasteiger partial charge in [0, 0.05) is 29.1 Å². The molecule has 2 atom stereocenters. The summed E-state index contributed by atoms with van der Waals surface area (Å²) in [5.41, 5.74) is 5.48. The number of hydrogen-bond acceptors (Lipinski definition) is 5. The first-order chi connectivity index (χ1) is 18.4. The van der Waals surface area contributed by atoms with Crippen LogP contribution in [0.2, 0.25) is 0 Å². The van der Waals surface area contributed by atoms with E-state index in [0.717, 1.165) is 48.2 Å². The molecule has 2 heterocycles. The van der Waals surface area contributed by atoms with Gasteiger partial charge >= 0.3 is 0 Å². The van der Waals surface area contributed by atoms with E-state index < -0.39 is 6.04 Å². The normalized spacial score (nSPS) is 18.8. The van der Waals surface area contributed by atoms with Crippen LogP contribution in [-0.2, 0) is 4.79 Å². The third kappa shape index (κ3) is 4.99. The predicted octanol–water partition coefficient (Wildman–Crippen LogP) is 4.19. The van der Waals surface area contributed by atoms with E-state index in [4.69, 9.17) is 0 Å². The highest BCUT2D eigenvalue weighted by molar-refractivity contribution is 6.01. The molecule has 0 radical (unpaired) electrons. The van der Waals surface area contributed by atoms with Gasteiger partial charge in [-0.3, -0.25) is 19.4 Å². The molecule has 3 fully saturated rings. The molecule has 0 aliphatic heterocycles. The Morgan fingerprint density at radius 1 is 1.08 bits per heavy atom. The fraction of sp³-hybridized carbons (Fsp3) is 0.517. The number of aromatic amines is 1. The Balaban J connectivity index is 1.21. The number of aryl methyl sites for hydroxylation is 1. The van der Waals surface area contributed by atoms with Crippen molar-refractivity contribution in [1.29, 1.82) is 0 Å². The number of benzene rings is 1. The van der Waals surface area contributed by atoms with Gasteiger partial charge in [-0.05, 0) is 93.9 Å². The molecule has 2 unspecified atom stereocenters. The number of nitrogens with zero attached hydrogens (tertiary/aromatic N) is 3. The van der Waals surface area contributed by atoms with E-state index in [1.54, 1.807) is 19.2 Å². The minimum atomic E-state index is -0.632. The summed E-state index contributed by atoms with van der Waals surface area (Å²) < 4.78 is 1.51. The maximum atomic E-state index is 13.7. The number of carbonyl (C=O) groups is 2. The number of aliphatic hydroxyl groups is 1. The lowest BCUT2D eigenvalue weighted by molar-refractivity contribution is -0.119. The molecule has 6 rings (SSSR count). The molecule has 2 amide bonds. The van der Waals surface area contributed by atoms with E-state index in [0.29, 0.717) is 29.1 Å². The smallest absolute Gasteiger partial charge is 0.270 e. The first kappa shape index (κ1) is 24.9. The molecular formula is C29H36N6O3. The minimum absolute atomic E-state index is 0.125. The monoisotopic (exact) mass is 516 g/mol. The minimum Gasteiger partial charge on any atom is -0.394 e. The zero-order chi connectivity index (χ0) is 26.4. The molecule has 9 heteroatoms. The van der Waals surface area contributed by atoms with E-state index in [2.05, 4.69) is 25.9 Å². The standard InChI is InChI=1S/C29H36N6O3/c1-16(15-36)35-23(13-14-30-35)28(37)32-27(25(19-3-4-19)20-5-6-20)29(38)31-22-11-9-18(10-12-22)24-17(2)33-34-26(24)21-7-8-21/h9-14,16,19-21,25,27,36H,3-8,15H2,1-2H3,(H,31,38)(H,32,37)(H,33,34). The van der Waals surface area contributed by atoms with Crippen molar-refractivity contribution in [2.24, 2.45) is 17.8 Å². The largest absolute Gasteiger partial charge is 0.394 e. The average Bonchev–Trinajstić information content (AvgIpc) is 3.82. The van der Waals surface area contributed by atoms with E-state index in [9.17, 15) is 14.7 Å². The molecule has 3 aliphatic rings. The van der Waals surface area contributed by atoms with Crippen molar-refractivity contribution in [3.05, 3.63) is 53.6 Å². The molecule has 3 aliphatic carbocycles. The summed E-state index contributed by atoms with van der Waals surface area (Å²) in [6.45, 7) is 3.71. The van der Waals surface area contributed by atoms with Crippen LogP contribution in [0.15, 0.2) is 36.5 Å². The fourth-order valence-corrected chi connectivity index (χ4v) is 5.77. The number of aliphatic hydroxyl groups excluding tert-OH is 1. The Hall–Kier alpha value is -3.46. The maximum Gasteiger partial charge on any atom is 0.270 e. The fourth-order valence-electron chi connectivity index (χ4n) is 5.77. The molecule has 0 bridgehead atoms. The van der Waals surface area contributed by atoms with Crippen LogP contribution in [0.4, 0.5) is 5.69 Å². The molecule has 38 heavy (non-hydrogen) atoms. The van der Waals surface area contributed by atoms with Crippen LogP contribution in [0.1, 0.15) is 79.3 Å². The van der Waals surface area contributed by atoms with E-state index in [1.165, 1.54) is 17.5 Å². The molecule has 3 aromatic rings. The molecule has 4 N–H and O–H groups in total. The Bertz CT molecular complexity index is 1300. The van der Waals surface area contributed by atoms with Crippen molar-refractivity contribution in [1.82, 2.24) is 25.3 Å². The number of nitrogens with one attached hydrogen (secondary N) is 3. The van der Waals surface area contributed by atoms with Crippen LogP contribution in [0.5, 0.6) is 0 Å². The second-order valence-corrected chi connectivity index (χ2v) is 11.3. The van der Waals surface area contributed by atoms with Gasteiger partial charge in [0.25, 0.3) is 5.91 Å². The average molecular weight is 517 g/mol. The lowest BCUT2D eigenvalue weighted by atomic mass is 9.88. The van der Waals surface area contributed by atoms with Crippen molar-refractivity contribution in [2.75, 3.05) is 11.9 Å². The van der Waals surface area contributed by atoms with Crippen LogP contribution in [-0.4, -0.2) is 49.5 Å². The molecule has 200 valence electrons. The van der Waals surface area contributed by atoms with Gasteiger partial charge in [0.15, 0.2) is 0 Å². The first-order valence-corrected chi connectivity index (χ1v) is 13.9. The molecule has 2 aromatic heterocycles. The second kappa shape index (κ2) is 10.0. The van der Waals surface area contributed by atoms with Crippen molar-refractivity contribution in [2.45, 2.75) is 70.4 Å². The van der Waals surface area contributed by atoms with Crippen molar-refractivity contribution >= 4 is 17.5 Å². The maximum absolute atomic E-state index is 13.7.